The van der Waals surface area contributed by atoms with E-state index in [9.17, 15) is 0 Å². The van der Waals surface area contributed by atoms with Crippen LogP contribution in [-0.2, 0) is 0 Å². The van der Waals surface area contributed by atoms with Gasteiger partial charge in [0.15, 0.2) is 0 Å². The van der Waals surface area contributed by atoms with Crippen LogP contribution < -0.4 is 5.32 Å². The molecule has 2 unspecified atom stereocenters. The Labute approximate surface area is 118 Å². The van der Waals surface area contributed by atoms with E-state index in [0.717, 1.165) is 12.6 Å². The molecule has 2 heteroatoms. The van der Waals surface area contributed by atoms with Gasteiger partial charge in [-0.1, -0.05) is 23.8 Å². The van der Waals surface area contributed by atoms with Crippen LogP contribution >= 0.6 is 0 Å². The summed E-state index contributed by atoms with van der Waals surface area (Å²) in [6, 6.07) is 8.60. The first-order valence-electron chi connectivity index (χ1n) is 7.51. The van der Waals surface area contributed by atoms with Gasteiger partial charge in [0.25, 0.3) is 0 Å². The van der Waals surface area contributed by atoms with Gasteiger partial charge in [0.2, 0.25) is 0 Å². The third-order valence-electron chi connectivity index (χ3n) is 4.44. The largest absolute Gasteiger partial charge is 0.309 e. The maximum Gasteiger partial charge on any atom is 0.0295 e. The molecule has 1 aromatic carbocycles. The average molecular weight is 260 g/mol. The summed E-state index contributed by atoms with van der Waals surface area (Å²) in [6.45, 7) is 10.0. The van der Waals surface area contributed by atoms with Crippen LogP contribution in [-0.4, -0.2) is 30.6 Å². The molecule has 1 fully saturated rings. The first kappa shape index (κ1) is 14.5. The van der Waals surface area contributed by atoms with Crippen LogP contribution in [0.4, 0.5) is 0 Å². The van der Waals surface area contributed by atoms with Gasteiger partial charge in [0.05, 0.1) is 0 Å². The summed E-state index contributed by atoms with van der Waals surface area (Å²) >= 11 is 0. The minimum atomic E-state index is 0.426. The van der Waals surface area contributed by atoms with Gasteiger partial charge in [-0.2, -0.15) is 0 Å². The number of nitrogens with one attached hydrogen (secondary N) is 1. The molecule has 2 atom stereocenters. The molecule has 0 amide bonds. The molecule has 1 saturated carbocycles. The molecule has 2 rings (SSSR count). The fraction of sp³-hybridized carbons (Fsp3) is 0.647. The molecule has 0 heterocycles. The van der Waals surface area contributed by atoms with Crippen LogP contribution in [0.3, 0.4) is 0 Å². The Morgan fingerprint density at radius 3 is 2.58 bits per heavy atom. The Hall–Kier alpha value is -0.860. The zero-order valence-electron chi connectivity index (χ0n) is 13.0. The van der Waals surface area contributed by atoms with Crippen molar-refractivity contribution in [2.45, 2.75) is 58.7 Å². The fourth-order valence-corrected chi connectivity index (χ4v) is 2.67. The van der Waals surface area contributed by atoms with Crippen molar-refractivity contribution in [1.82, 2.24) is 10.2 Å². The summed E-state index contributed by atoms with van der Waals surface area (Å²) in [5.41, 5.74) is 4.16. The summed E-state index contributed by atoms with van der Waals surface area (Å²) in [4.78, 5) is 2.52. The maximum absolute atomic E-state index is 3.69. The number of benzene rings is 1. The van der Waals surface area contributed by atoms with Gasteiger partial charge in [-0.05, 0) is 58.7 Å². The molecule has 1 aliphatic carbocycles. The van der Waals surface area contributed by atoms with E-state index >= 15 is 0 Å². The van der Waals surface area contributed by atoms with Gasteiger partial charge in [0.1, 0.15) is 0 Å². The van der Waals surface area contributed by atoms with Crippen molar-refractivity contribution in [2.24, 2.45) is 0 Å². The number of hydrogen-bond donors (Lipinski definition) is 1. The summed E-state index contributed by atoms with van der Waals surface area (Å²) in [6.07, 6.45) is 2.76. The van der Waals surface area contributed by atoms with E-state index in [4.69, 9.17) is 0 Å². The van der Waals surface area contributed by atoms with Gasteiger partial charge in [-0.25, -0.2) is 0 Å². The van der Waals surface area contributed by atoms with E-state index in [1.165, 1.54) is 29.5 Å². The molecule has 2 nitrogen and oxygen atoms in total. The minimum absolute atomic E-state index is 0.426. The van der Waals surface area contributed by atoms with Gasteiger partial charge >= 0.3 is 0 Å². The normalized spacial score (nSPS) is 18.6. The smallest absolute Gasteiger partial charge is 0.0295 e. The lowest BCUT2D eigenvalue weighted by Crippen LogP contribution is -2.40. The fourth-order valence-electron chi connectivity index (χ4n) is 2.67. The van der Waals surface area contributed by atoms with E-state index in [1.54, 1.807) is 0 Å². The molecular formula is C17H28N2. The number of hydrogen-bond acceptors (Lipinski definition) is 2. The highest BCUT2D eigenvalue weighted by atomic mass is 15.2. The molecule has 0 radical (unpaired) electrons. The Balaban J connectivity index is 1.89. The predicted molar refractivity (Wildman–Crippen MR) is 82.6 cm³/mol. The Bertz CT molecular complexity index is 423. The van der Waals surface area contributed by atoms with Crippen LogP contribution in [0.2, 0.25) is 0 Å². The van der Waals surface area contributed by atoms with Crippen LogP contribution in [0.15, 0.2) is 18.2 Å². The lowest BCUT2D eigenvalue weighted by atomic mass is 10.00. The quantitative estimate of drug-likeness (QED) is 0.843. The number of rotatable bonds is 6. The van der Waals surface area contributed by atoms with E-state index in [1.807, 2.05) is 0 Å². The van der Waals surface area contributed by atoms with Crippen LogP contribution in [0.1, 0.15) is 49.4 Å². The monoisotopic (exact) mass is 260 g/mol. The van der Waals surface area contributed by atoms with Crippen molar-refractivity contribution in [1.29, 1.82) is 0 Å². The van der Waals surface area contributed by atoms with E-state index in [2.05, 4.69) is 63.2 Å². The Kier molecular flexibility index (Phi) is 4.64. The molecule has 0 spiro atoms. The van der Waals surface area contributed by atoms with Crippen LogP contribution in [0.5, 0.6) is 0 Å². The number of likely N-dealkylation sites (N-methyl/N-ethyl adjacent to an activating group) is 1. The molecule has 1 N–H and O–H groups in total. The topological polar surface area (TPSA) is 15.3 Å². The maximum atomic E-state index is 3.69. The van der Waals surface area contributed by atoms with E-state index < -0.39 is 0 Å². The average Bonchev–Trinajstić information content (AvgIpc) is 3.21. The molecular weight excluding hydrogens is 232 g/mol. The first-order chi connectivity index (χ1) is 8.99. The molecule has 0 saturated heterocycles. The molecule has 0 bridgehead atoms. The second-order valence-electron chi connectivity index (χ2n) is 6.24. The summed E-state index contributed by atoms with van der Waals surface area (Å²) < 4.78 is 0. The molecule has 19 heavy (non-hydrogen) atoms. The van der Waals surface area contributed by atoms with Crippen molar-refractivity contribution in [2.75, 3.05) is 13.6 Å². The molecule has 0 aromatic heterocycles. The Morgan fingerprint density at radius 2 is 1.95 bits per heavy atom. The highest BCUT2D eigenvalue weighted by Crippen LogP contribution is 2.27. The van der Waals surface area contributed by atoms with Crippen molar-refractivity contribution in [3.8, 4) is 0 Å². The van der Waals surface area contributed by atoms with Gasteiger partial charge in [-0.15, -0.1) is 0 Å². The lowest BCUT2D eigenvalue weighted by Gasteiger charge is -2.27. The second kappa shape index (κ2) is 6.06. The number of nitrogens with zero attached hydrogens (tertiary/aromatic N) is 1. The van der Waals surface area contributed by atoms with Crippen LogP contribution in [0, 0.1) is 13.8 Å². The van der Waals surface area contributed by atoms with Crippen molar-refractivity contribution >= 4 is 0 Å². The van der Waals surface area contributed by atoms with Gasteiger partial charge in [-0.3, -0.25) is 4.90 Å². The summed E-state index contributed by atoms with van der Waals surface area (Å²) in [5, 5.41) is 3.69. The number of aryl methyl sites for hydroxylation is 2. The predicted octanol–water partition coefficient (Wildman–Crippen LogP) is 3.44. The molecule has 1 aromatic rings. The van der Waals surface area contributed by atoms with Crippen molar-refractivity contribution in [3.05, 3.63) is 34.9 Å². The minimum Gasteiger partial charge on any atom is -0.309 e. The zero-order valence-corrected chi connectivity index (χ0v) is 13.0. The zero-order chi connectivity index (χ0) is 14.0. The lowest BCUT2D eigenvalue weighted by molar-refractivity contribution is 0.237. The highest BCUT2D eigenvalue weighted by molar-refractivity contribution is 5.32. The standard InChI is InChI=1S/C17H28N2/c1-12-6-7-13(2)17(10-12)15(4)18-11-14(3)19(5)16-8-9-16/h6-7,10,14-16,18H,8-9,11H2,1-5H3. The molecule has 0 aliphatic heterocycles. The van der Waals surface area contributed by atoms with E-state index in [0.29, 0.717) is 12.1 Å². The van der Waals surface area contributed by atoms with Crippen molar-refractivity contribution in [3.63, 3.8) is 0 Å². The SMILES string of the molecule is Cc1ccc(C)c(C(C)NCC(C)N(C)C2CC2)c1. The van der Waals surface area contributed by atoms with Gasteiger partial charge < -0.3 is 5.32 Å². The van der Waals surface area contributed by atoms with Gasteiger partial charge in [0, 0.05) is 24.7 Å². The second-order valence-corrected chi connectivity index (χ2v) is 6.24. The summed E-state index contributed by atoms with van der Waals surface area (Å²) in [7, 11) is 2.26. The Morgan fingerprint density at radius 1 is 1.26 bits per heavy atom. The summed E-state index contributed by atoms with van der Waals surface area (Å²) in [5.74, 6) is 0. The third-order valence-corrected chi connectivity index (χ3v) is 4.44. The highest BCUT2D eigenvalue weighted by Gasteiger charge is 2.29. The third kappa shape index (κ3) is 3.80. The van der Waals surface area contributed by atoms with E-state index in [-0.39, 0.29) is 0 Å². The first-order valence-corrected chi connectivity index (χ1v) is 7.51. The van der Waals surface area contributed by atoms with Crippen LogP contribution in [0.25, 0.3) is 0 Å². The molecule has 106 valence electrons. The molecule has 1 aliphatic rings. The van der Waals surface area contributed by atoms with Crippen molar-refractivity contribution < 1.29 is 0 Å².